The zero-order valence-corrected chi connectivity index (χ0v) is 20.4. The molecule has 1 atom stereocenters. The van der Waals surface area contributed by atoms with Gasteiger partial charge in [0.25, 0.3) is 5.91 Å². The van der Waals surface area contributed by atoms with Crippen molar-refractivity contribution < 1.29 is 19.1 Å². The van der Waals surface area contributed by atoms with E-state index >= 15 is 0 Å². The second kappa shape index (κ2) is 11.4. The van der Waals surface area contributed by atoms with Gasteiger partial charge in [0.1, 0.15) is 6.17 Å². The normalized spacial score (nSPS) is 11.7. The van der Waals surface area contributed by atoms with Crippen molar-refractivity contribution in [1.82, 2.24) is 10.6 Å². The van der Waals surface area contributed by atoms with Crippen LogP contribution in [0.4, 0.5) is 11.4 Å². The molecule has 0 heterocycles. The number of hydrogen-bond donors (Lipinski definition) is 4. The summed E-state index contributed by atoms with van der Waals surface area (Å²) in [6.07, 6.45) is -1.17. The summed E-state index contributed by atoms with van der Waals surface area (Å²) in [4.78, 5) is 24.0. The molecule has 0 spiro atoms. The third-order valence-corrected chi connectivity index (χ3v) is 4.84. The fraction of sp³-hybridized carbons (Fsp3) is 0.250. The summed E-state index contributed by atoms with van der Waals surface area (Å²) in [6, 6.07) is 11.5. The van der Waals surface area contributed by atoms with Crippen LogP contribution < -0.4 is 30.7 Å². The predicted molar refractivity (Wildman–Crippen MR) is 131 cm³/mol. The topological polar surface area (TPSA) is 101 Å². The van der Waals surface area contributed by atoms with E-state index in [9.17, 15) is 9.59 Å². The molecule has 0 fully saturated rings. The van der Waals surface area contributed by atoms with E-state index in [4.69, 9.17) is 56.5 Å². The van der Waals surface area contributed by atoms with Gasteiger partial charge < -0.3 is 30.7 Å². The van der Waals surface area contributed by atoms with Gasteiger partial charge in [-0.05, 0) is 48.6 Å². The van der Waals surface area contributed by atoms with Crippen LogP contribution in [0.3, 0.4) is 0 Å². The molecule has 0 aliphatic heterocycles. The molecule has 8 nitrogen and oxygen atoms in total. The Balaban J connectivity index is 2.11. The summed E-state index contributed by atoms with van der Waals surface area (Å²) in [5, 5.41) is 11.0. The molecular weight excluding hydrogens is 499 g/mol. The van der Waals surface area contributed by atoms with Crippen LogP contribution in [0.25, 0.3) is 0 Å². The third kappa shape index (κ3) is 7.59. The van der Waals surface area contributed by atoms with Crippen molar-refractivity contribution in [3.63, 3.8) is 0 Å². The van der Waals surface area contributed by atoms with E-state index in [1.807, 2.05) is 0 Å². The smallest absolute Gasteiger partial charge is 0.253 e. The maximum atomic E-state index is 12.7. The van der Waals surface area contributed by atoms with Crippen LogP contribution in [0.1, 0.15) is 17.3 Å². The van der Waals surface area contributed by atoms with E-state index in [1.165, 1.54) is 33.3 Å². The number of ether oxygens (including phenoxy) is 2. The molecule has 1 unspecified atom stereocenters. The Morgan fingerprint density at radius 2 is 1.56 bits per heavy atom. The molecule has 2 aromatic carbocycles. The van der Waals surface area contributed by atoms with E-state index in [2.05, 4.69) is 21.3 Å². The number of methoxy groups -OCH3 is 2. The number of carbonyl (C=O) groups excluding carboxylic acids is 2. The summed E-state index contributed by atoms with van der Waals surface area (Å²) < 4.78 is 8.44. The minimum atomic E-state index is -1.93. The monoisotopic (exact) mass is 518 g/mol. The van der Waals surface area contributed by atoms with Crippen molar-refractivity contribution >= 4 is 75.3 Å². The van der Waals surface area contributed by atoms with Crippen LogP contribution >= 0.6 is 47.0 Å². The summed E-state index contributed by atoms with van der Waals surface area (Å²) >= 11 is 23.4. The number of hydrogen-bond acceptors (Lipinski definition) is 5. The molecule has 0 aromatic heterocycles. The van der Waals surface area contributed by atoms with Gasteiger partial charge in [-0.3, -0.25) is 9.59 Å². The molecule has 0 bridgehead atoms. The van der Waals surface area contributed by atoms with Gasteiger partial charge in [0.2, 0.25) is 9.70 Å². The third-order valence-electron chi connectivity index (χ3n) is 3.96. The first-order valence-corrected chi connectivity index (χ1v) is 10.6. The van der Waals surface area contributed by atoms with Gasteiger partial charge >= 0.3 is 0 Å². The lowest BCUT2D eigenvalue weighted by molar-refractivity contribution is -0.114. The van der Waals surface area contributed by atoms with Crippen molar-refractivity contribution in [2.75, 3.05) is 24.9 Å². The molecule has 12 heteroatoms. The lowest BCUT2D eigenvalue weighted by atomic mass is 10.2. The highest BCUT2D eigenvalue weighted by atomic mass is 35.6. The van der Waals surface area contributed by atoms with Crippen molar-refractivity contribution in [2.45, 2.75) is 16.9 Å². The predicted octanol–water partition coefficient (Wildman–Crippen LogP) is 4.07. The first-order chi connectivity index (χ1) is 15.0. The average Bonchev–Trinajstić information content (AvgIpc) is 2.71. The highest BCUT2D eigenvalue weighted by molar-refractivity contribution is 7.80. The quantitative estimate of drug-likeness (QED) is 0.248. The average molecular weight is 520 g/mol. The Morgan fingerprint density at radius 3 is 2.12 bits per heavy atom. The molecule has 0 radical (unpaired) electrons. The van der Waals surface area contributed by atoms with E-state index in [0.29, 0.717) is 22.9 Å². The SMILES string of the molecule is COc1ccc(C(=O)NC(NC(=S)Nc2cccc(NC(C)=O)c2)C(Cl)(Cl)Cl)cc1OC. The molecule has 0 saturated heterocycles. The van der Waals surface area contributed by atoms with Crippen LogP contribution in [-0.4, -0.2) is 41.1 Å². The van der Waals surface area contributed by atoms with Gasteiger partial charge in [-0.15, -0.1) is 0 Å². The van der Waals surface area contributed by atoms with Crippen LogP contribution in [-0.2, 0) is 4.79 Å². The molecular formula is C20H21Cl3N4O4S. The maximum Gasteiger partial charge on any atom is 0.253 e. The van der Waals surface area contributed by atoms with Crippen LogP contribution in [0.15, 0.2) is 42.5 Å². The number of halogens is 3. The number of alkyl halides is 3. The van der Waals surface area contributed by atoms with Crippen molar-refractivity contribution in [3.05, 3.63) is 48.0 Å². The van der Waals surface area contributed by atoms with Crippen LogP contribution in [0, 0.1) is 0 Å². The maximum absolute atomic E-state index is 12.7. The standard InChI is InChI=1S/C20H21Cl3N4O4S/c1-11(28)24-13-5-4-6-14(10-13)25-19(32)27-18(20(21,22)23)26-17(29)12-7-8-15(30-2)16(9-12)31-3/h4-10,18H,1-3H3,(H,24,28)(H,26,29)(H2,25,27,32). The molecule has 32 heavy (non-hydrogen) atoms. The highest BCUT2D eigenvalue weighted by Gasteiger charge is 2.35. The Hall–Kier alpha value is -2.46. The van der Waals surface area contributed by atoms with E-state index in [1.54, 1.807) is 30.3 Å². The molecule has 2 amide bonds. The Kier molecular flexibility index (Phi) is 9.21. The van der Waals surface area contributed by atoms with Crippen molar-refractivity contribution in [1.29, 1.82) is 0 Å². The molecule has 2 rings (SSSR count). The molecule has 0 saturated carbocycles. The number of anilines is 2. The summed E-state index contributed by atoms with van der Waals surface area (Å²) in [5.74, 6) is 0.0870. The fourth-order valence-corrected chi connectivity index (χ4v) is 3.13. The second-order valence-corrected chi connectivity index (χ2v) is 9.16. The van der Waals surface area contributed by atoms with Gasteiger partial charge in [0.15, 0.2) is 16.6 Å². The van der Waals surface area contributed by atoms with Crippen molar-refractivity contribution in [3.8, 4) is 11.5 Å². The van der Waals surface area contributed by atoms with Crippen molar-refractivity contribution in [2.24, 2.45) is 0 Å². The summed E-state index contributed by atoms with van der Waals surface area (Å²) in [7, 11) is 2.94. The minimum absolute atomic E-state index is 0.0777. The molecule has 0 aliphatic rings. The molecule has 4 N–H and O–H groups in total. The lowest BCUT2D eigenvalue weighted by Crippen LogP contribution is -2.56. The number of benzene rings is 2. The van der Waals surface area contributed by atoms with E-state index < -0.39 is 15.9 Å². The van der Waals surface area contributed by atoms with Gasteiger partial charge in [-0.2, -0.15) is 0 Å². The summed E-state index contributed by atoms with van der Waals surface area (Å²) in [6.45, 7) is 1.40. The highest BCUT2D eigenvalue weighted by Crippen LogP contribution is 2.30. The fourth-order valence-electron chi connectivity index (χ4n) is 2.57. The Morgan fingerprint density at radius 1 is 0.938 bits per heavy atom. The molecule has 172 valence electrons. The number of thiocarbonyl (C=S) groups is 1. The molecule has 2 aromatic rings. The minimum Gasteiger partial charge on any atom is -0.493 e. The van der Waals surface area contributed by atoms with E-state index in [0.717, 1.165) is 0 Å². The van der Waals surface area contributed by atoms with Gasteiger partial charge in [0.05, 0.1) is 14.2 Å². The Labute approximate surface area is 205 Å². The number of carbonyl (C=O) groups is 2. The zero-order valence-electron chi connectivity index (χ0n) is 17.3. The van der Waals surface area contributed by atoms with Gasteiger partial charge in [-0.1, -0.05) is 40.9 Å². The van der Waals surface area contributed by atoms with Gasteiger partial charge in [0, 0.05) is 23.9 Å². The Bertz CT molecular complexity index is 1000. The number of nitrogens with one attached hydrogen (secondary N) is 4. The van der Waals surface area contributed by atoms with E-state index in [-0.39, 0.29) is 16.6 Å². The second-order valence-electron chi connectivity index (χ2n) is 6.38. The van der Waals surface area contributed by atoms with Crippen LogP contribution in [0.5, 0.6) is 11.5 Å². The molecule has 0 aliphatic carbocycles. The van der Waals surface area contributed by atoms with Crippen LogP contribution in [0.2, 0.25) is 0 Å². The first kappa shape index (κ1) is 25.8. The van der Waals surface area contributed by atoms with Gasteiger partial charge in [-0.25, -0.2) is 0 Å². The zero-order chi connectivity index (χ0) is 23.9. The lowest BCUT2D eigenvalue weighted by Gasteiger charge is -2.28. The summed E-state index contributed by atoms with van der Waals surface area (Å²) in [5.41, 5.74) is 1.40. The number of amides is 2. The largest absolute Gasteiger partial charge is 0.493 e. The number of rotatable bonds is 7. The first-order valence-electron chi connectivity index (χ1n) is 9.08.